The van der Waals surface area contributed by atoms with Crippen molar-refractivity contribution < 1.29 is 31.1 Å². The van der Waals surface area contributed by atoms with Gasteiger partial charge in [0.05, 0.1) is 21.3 Å². The van der Waals surface area contributed by atoms with Crippen LogP contribution >= 0.6 is 11.3 Å². The lowest BCUT2D eigenvalue weighted by atomic mass is 10.0. The maximum Gasteiger partial charge on any atom is 0.416 e. The van der Waals surface area contributed by atoms with Crippen LogP contribution in [0.4, 0.5) is 31.5 Å². The Hall–Kier alpha value is -2.62. The molecule has 0 radical (unpaired) electrons. The molecule has 3 aromatic rings. The summed E-state index contributed by atoms with van der Waals surface area (Å²) >= 11 is 1.07. The van der Waals surface area contributed by atoms with Crippen molar-refractivity contribution in [2.75, 3.05) is 5.32 Å². The Morgan fingerprint density at radius 2 is 1.59 bits per heavy atom. The van der Waals surface area contributed by atoms with E-state index in [-0.39, 0.29) is 11.2 Å². The fraction of sp³-hybridized carbons (Fsp3) is 0.176. The van der Waals surface area contributed by atoms with Gasteiger partial charge in [0.1, 0.15) is 0 Å². The molecule has 142 valence electrons. The van der Waals surface area contributed by atoms with Crippen LogP contribution in [0.15, 0.2) is 36.4 Å². The van der Waals surface area contributed by atoms with Crippen LogP contribution in [-0.2, 0) is 12.4 Å². The summed E-state index contributed by atoms with van der Waals surface area (Å²) in [7, 11) is 0. The average Bonchev–Trinajstić information content (AvgIpc) is 2.96. The molecule has 3 rings (SSSR count). The number of aromatic nitrogens is 1. The number of thiazole rings is 1. The zero-order valence-electron chi connectivity index (χ0n) is 13.5. The van der Waals surface area contributed by atoms with Crippen LogP contribution in [0, 0.1) is 6.92 Å². The number of benzene rings is 2. The SMILES string of the molecule is Cc1cccc2sc(NC(=O)c3cc(C(F)(F)F)cc(C(F)(F)F)c3)nc12. The first kappa shape index (κ1) is 19.2. The van der Waals surface area contributed by atoms with Crippen LogP contribution in [0.2, 0.25) is 0 Å². The first-order valence-corrected chi connectivity index (χ1v) is 8.24. The Morgan fingerprint density at radius 1 is 1.00 bits per heavy atom. The van der Waals surface area contributed by atoms with Crippen molar-refractivity contribution >= 4 is 32.6 Å². The van der Waals surface area contributed by atoms with Gasteiger partial charge >= 0.3 is 12.4 Å². The summed E-state index contributed by atoms with van der Waals surface area (Å²) in [5.41, 5.74) is -2.45. The maximum absolute atomic E-state index is 12.9. The molecule has 1 N–H and O–H groups in total. The number of alkyl halides is 6. The van der Waals surface area contributed by atoms with Gasteiger partial charge in [0, 0.05) is 5.56 Å². The van der Waals surface area contributed by atoms with E-state index in [1.54, 1.807) is 25.1 Å². The van der Waals surface area contributed by atoms with Crippen LogP contribution < -0.4 is 5.32 Å². The van der Waals surface area contributed by atoms with E-state index in [4.69, 9.17) is 0 Å². The highest BCUT2D eigenvalue weighted by atomic mass is 32.1. The van der Waals surface area contributed by atoms with Crippen molar-refractivity contribution in [1.82, 2.24) is 4.98 Å². The summed E-state index contributed by atoms with van der Waals surface area (Å²) in [4.78, 5) is 16.4. The number of para-hydroxylation sites is 1. The van der Waals surface area contributed by atoms with Gasteiger partial charge in [-0.2, -0.15) is 26.3 Å². The number of amides is 1. The number of anilines is 1. The summed E-state index contributed by atoms with van der Waals surface area (Å²) in [6.07, 6.45) is -10.0. The molecule has 27 heavy (non-hydrogen) atoms. The number of nitrogens with one attached hydrogen (secondary N) is 1. The molecule has 0 aliphatic rings. The van der Waals surface area contributed by atoms with Gasteiger partial charge in [0.2, 0.25) is 0 Å². The van der Waals surface area contributed by atoms with Gasteiger partial charge < -0.3 is 0 Å². The number of rotatable bonds is 2. The van der Waals surface area contributed by atoms with Gasteiger partial charge in [-0.05, 0) is 36.8 Å². The molecule has 0 fully saturated rings. The van der Waals surface area contributed by atoms with Crippen molar-refractivity contribution in [3.63, 3.8) is 0 Å². The van der Waals surface area contributed by atoms with E-state index in [9.17, 15) is 31.1 Å². The predicted octanol–water partition coefficient (Wildman–Crippen LogP) is 5.89. The van der Waals surface area contributed by atoms with Crippen LogP contribution in [0.1, 0.15) is 27.0 Å². The van der Waals surface area contributed by atoms with Crippen LogP contribution in [0.5, 0.6) is 0 Å². The number of halogens is 6. The molecular formula is C17H10F6N2OS. The van der Waals surface area contributed by atoms with E-state index in [0.29, 0.717) is 17.6 Å². The molecule has 0 spiro atoms. The largest absolute Gasteiger partial charge is 0.416 e. The highest BCUT2D eigenvalue weighted by molar-refractivity contribution is 7.22. The summed E-state index contributed by atoms with van der Waals surface area (Å²) in [5.74, 6) is -1.11. The van der Waals surface area contributed by atoms with Crippen molar-refractivity contribution in [1.29, 1.82) is 0 Å². The van der Waals surface area contributed by atoms with Crippen molar-refractivity contribution in [3.8, 4) is 0 Å². The average molecular weight is 404 g/mol. The molecule has 0 saturated carbocycles. The Kier molecular flexibility index (Phi) is 4.62. The number of carbonyl (C=O) groups is 1. The molecule has 2 aromatic carbocycles. The molecule has 3 nitrogen and oxygen atoms in total. The Morgan fingerprint density at radius 3 is 2.11 bits per heavy atom. The second-order valence-electron chi connectivity index (χ2n) is 5.69. The monoisotopic (exact) mass is 404 g/mol. The van der Waals surface area contributed by atoms with Crippen LogP contribution in [-0.4, -0.2) is 10.9 Å². The van der Waals surface area contributed by atoms with Crippen molar-refractivity contribution in [3.05, 3.63) is 58.7 Å². The number of carbonyl (C=O) groups excluding carboxylic acids is 1. The number of hydrogen-bond donors (Lipinski definition) is 1. The third-order valence-corrected chi connectivity index (χ3v) is 4.63. The molecule has 0 aliphatic heterocycles. The lowest BCUT2D eigenvalue weighted by molar-refractivity contribution is -0.143. The zero-order chi connectivity index (χ0) is 20.0. The second kappa shape index (κ2) is 6.52. The number of aryl methyl sites for hydroxylation is 1. The lowest BCUT2D eigenvalue weighted by Crippen LogP contribution is -2.17. The first-order valence-electron chi connectivity index (χ1n) is 7.42. The standard InChI is InChI=1S/C17H10F6N2OS/c1-8-3-2-4-12-13(8)24-15(27-12)25-14(26)9-5-10(16(18,19)20)7-11(6-9)17(21,22)23/h2-7H,1H3,(H,24,25,26). The number of fused-ring (bicyclic) bond motifs is 1. The fourth-order valence-electron chi connectivity index (χ4n) is 2.39. The minimum atomic E-state index is -5.02. The maximum atomic E-state index is 12.9. The van der Waals surface area contributed by atoms with Crippen LogP contribution in [0.25, 0.3) is 10.2 Å². The van der Waals surface area contributed by atoms with Crippen molar-refractivity contribution in [2.24, 2.45) is 0 Å². The molecule has 0 bridgehead atoms. The molecule has 0 unspecified atom stereocenters. The normalized spacial score (nSPS) is 12.4. The van der Waals surface area contributed by atoms with Crippen LogP contribution in [0.3, 0.4) is 0 Å². The van der Waals surface area contributed by atoms with Gasteiger partial charge in [0.15, 0.2) is 5.13 Å². The van der Waals surface area contributed by atoms with Crippen molar-refractivity contribution in [2.45, 2.75) is 19.3 Å². The number of nitrogens with zero attached hydrogens (tertiary/aromatic N) is 1. The van der Waals surface area contributed by atoms with E-state index in [2.05, 4.69) is 10.3 Å². The molecule has 10 heteroatoms. The lowest BCUT2D eigenvalue weighted by Gasteiger charge is -2.13. The molecule has 0 aliphatic carbocycles. The topological polar surface area (TPSA) is 42.0 Å². The Balaban J connectivity index is 1.98. The predicted molar refractivity (Wildman–Crippen MR) is 88.8 cm³/mol. The van der Waals surface area contributed by atoms with E-state index in [0.717, 1.165) is 21.6 Å². The molecule has 1 heterocycles. The third-order valence-electron chi connectivity index (χ3n) is 3.69. The quantitative estimate of drug-likeness (QED) is 0.541. The number of hydrogen-bond acceptors (Lipinski definition) is 3. The Labute approximate surface area is 152 Å². The summed E-state index contributed by atoms with van der Waals surface area (Å²) in [5, 5.41) is 2.34. The highest BCUT2D eigenvalue weighted by Gasteiger charge is 2.37. The molecule has 0 atom stereocenters. The van der Waals surface area contributed by atoms with E-state index >= 15 is 0 Å². The summed E-state index contributed by atoms with van der Waals surface area (Å²) in [6, 6.07) is 6.02. The first-order chi connectivity index (χ1) is 12.4. The fourth-order valence-corrected chi connectivity index (χ4v) is 3.33. The zero-order valence-corrected chi connectivity index (χ0v) is 14.3. The molecular weight excluding hydrogens is 394 g/mol. The van der Waals surface area contributed by atoms with Gasteiger partial charge in [-0.25, -0.2) is 4.98 Å². The molecule has 1 aromatic heterocycles. The van der Waals surface area contributed by atoms with E-state index < -0.39 is 35.0 Å². The molecule has 0 saturated heterocycles. The minimum absolute atomic E-state index is 0.0299. The highest BCUT2D eigenvalue weighted by Crippen LogP contribution is 2.36. The van der Waals surface area contributed by atoms with E-state index in [1.165, 1.54) is 0 Å². The minimum Gasteiger partial charge on any atom is -0.298 e. The van der Waals surface area contributed by atoms with Gasteiger partial charge in [-0.1, -0.05) is 23.5 Å². The van der Waals surface area contributed by atoms with Gasteiger partial charge in [-0.15, -0.1) is 0 Å². The Bertz CT molecular complexity index is 990. The molecule has 1 amide bonds. The van der Waals surface area contributed by atoms with Gasteiger partial charge in [-0.3, -0.25) is 10.1 Å². The summed E-state index contributed by atoms with van der Waals surface area (Å²) < 4.78 is 78.1. The van der Waals surface area contributed by atoms with Gasteiger partial charge in [0.25, 0.3) is 5.91 Å². The van der Waals surface area contributed by atoms with E-state index in [1.807, 2.05) is 0 Å². The smallest absolute Gasteiger partial charge is 0.298 e. The second-order valence-corrected chi connectivity index (χ2v) is 6.72. The summed E-state index contributed by atoms with van der Waals surface area (Å²) in [6.45, 7) is 1.79. The third kappa shape index (κ3) is 4.05.